The second-order valence-electron chi connectivity index (χ2n) is 7.72. The number of carbonyl (C=O) groups excluding carboxylic acids is 1. The van der Waals surface area contributed by atoms with Crippen LogP contribution in [0, 0.1) is 0 Å². The molecule has 0 saturated heterocycles. The highest BCUT2D eigenvalue weighted by molar-refractivity contribution is 5.73. The highest BCUT2D eigenvalue weighted by Crippen LogP contribution is 2.35. The van der Waals surface area contributed by atoms with Crippen LogP contribution in [0.5, 0.6) is 5.88 Å². The molecule has 4 rings (SSSR count). The summed E-state index contributed by atoms with van der Waals surface area (Å²) < 4.78 is 12.7. The number of aliphatic hydroxyl groups excluding tert-OH is 1. The summed E-state index contributed by atoms with van der Waals surface area (Å²) in [6, 6.07) is 5.00. The smallest absolute Gasteiger partial charge is 0.238 e. The highest BCUT2D eigenvalue weighted by atomic mass is 16.5. The van der Waals surface area contributed by atoms with Gasteiger partial charge in [-0.1, -0.05) is 25.9 Å². The van der Waals surface area contributed by atoms with Crippen molar-refractivity contribution in [2.45, 2.75) is 39.4 Å². The Morgan fingerprint density at radius 3 is 2.73 bits per heavy atom. The summed E-state index contributed by atoms with van der Waals surface area (Å²) in [5.74, 6) is 1.10. The molecule has 0 radical (unpaired) electrons. The molecule has 4 heterocycles. The number of pyridine rings is 1. The van der Waals surface area contributed by atoms with Gasteiger partial charge in [0.1, 0.15) is 13.2 Å². The summed E-state index contributed by atoms with van der Waals surface area (Å²) in [5, 5.41) is 26.0. The molecule has 0 atom stereocenters. The molecule has 0 unspecified atom stereocenters. The minimum atomic E-state index is -0.299. The van der Waals surface area contributed by atoms with E-state index in [1.165, 1.54) is 6.20 Å². The molecule has 0 aromatic carbocycles. The van der Waals surface area contributed by atoms with E-state index in [1.54, 1.807) is 28.9 Å². The van der Waals surface area contributed by atoms with E-state index in [9.17, 15) is 9.90 Å². The van der Waals surface area contributed by atoms with Crippen LogP contribution in [0.3, 0.4) is 0 Å². The van der Waals surface area contributed by atoms with Crippen molar-refractivity contribution in [1.82, 2.24) is 30.0 Å². The Balaban J connectivity index is 1.76. The van der Waals surface area contributed by atoms with Crippen LogP contribution in [0.15, 0.2) is 35.1 Å². The minimum Gasteiger partial charge on any atom is -0.470 e. The number of aldehydes is 1. The number of hydrogen-bond donors (Lipinski definition) is 1. The lowest BCUT2D eigenvalue weighted by atomic mass is 9.88. The number of carbonyl (C=O) groups is 1. The van der Waals surface area contributed by atoms with E-state index in [4.69, 9.17) is 9.26 Å². The molecule has 4 aromatic heterocycles. The van der Waals surface area contributed by atoms with Crippen LogP contribution in [0.1, 0.15) is 48.1 Å². The average Bonchev–Trinajstić information content (AvgIpc) is 3.36. The molecule has 30 heavy (non-hydrogen) atoms. The van der Waals surface area contributed by atoms with Crippen molar-refractivity contribution in [3.8, 4) is 17.4 Å². The van der Waals surface area contributed by atoms with Gasteiger partial charge in [0.05, 0.1) is 17.4 Å². The van der Waals surface area contributed by atoms with Gasteiger partial charge in [-0.3, -0.25) is 9.78 Å². The maximum Gasteiger partial charge on any atom is 0.238 e. The third-order valence-electron chi connectivity index (χ3n) is 4.46. The highest BCUT2D eigenvalue weighted by Gasteiger charge is 2.28. The van der Waals surface area contributed by atoms with Crippen LogP contribution in [0.2, 0.25) is 0 Å². The van der Waals surface area contributed by atoms with Crippen LogP contribution < -0.4 is 4.74 Å². The van der Waals surface area contributed by atoms with Crippen LogP contribution in [-0.4, -0.2) is 41.3 Å². The van der Waals surface area contributed by atoms with Crippen LogP contribution in [0.25, 0.3) is 17.0 Å². The molecule has 0 aliphatic carbocycles. The predicted octanol–water partition coefficient (Wildman–Crippen LogP) is 2.36. The largest absolute Gasteiger partial charge is 0.470 e. The zero-order valence-corrected chi connectivity index (χ0v) is 16.7. The number of fused-ring (bicyclic) bond motifs is 1. The number of hydrogen-bond acceptors (Lipinski definition) is 9. The number of rotatable bonds is 6. The first-order chi connectivity index (χ1) is 14.4. The van der Waals surface area contributed by atoms with Crippen LogP contribution in [0.4, 0.5) is 0 Å². The molecule has 0 saturated carbocycles. The molecule has 10 nitrogen and oxygen atoms in total. The van der Waals surface area contributed by atoms with Crippen LogP contribution in [-0.2, 0) is 18.6 Å². The van der Waals surface area contributed by atoms with E-state index >= 15 is 0 Å². The fraction of sp³-hybridized carbons (Fsp3) is 0.300. The van der Waals surface area contributed by atoms with Gasteiger partial charge in [0.25, 0.3) is 0 Å². The van der Waals surface area contributed by atoms with Crippen molar-refractivity contribution in [2.75, 3.05) is 0 Å². The number of nitrogens with zero attached hydrogens (tertiary/aromatic N) is 6. The van der Waals surface area contributed by atoms with E-state index in [1.807, 2.05) is 20.8 Å². The molecule has 154 valence electrons. The Hall–Kier alpha value is -3.66. The SMILES string of the molecule is CC(C)(C)c1c(OCc2ccc(C=O)cn2)nn2c(-c3cc(CO)on3)nncc12. The third kappa shape index (κ3) is 3.64. The summed E-state index contributed by atoms with van der Waals surface area (Å²) in [5.41, 5.74) is 2.84. The summed E-state index contributed by atoms with van der Waals surface area (Å²) in [6.45, 7) is 6.06. The van der Waals surface area contributed by atoms with E-state index in [0.717, 1.165) is 17.4 Å². The van der Waals surface area contributed by atoms with Gasteiger partial charge in [0, 0.05) is 23.4 Å². The summed E-state index contributed by atoms with van der Waals surface area (Å²) in [7, 11) is 0. The van der Waals surface area contributed by atoms with Crippen molar-refractivity contribution in [3.05, 3.63) is 53.2 Å². The van der Waals surface area contributed by atoms with Crippen LogP contribution >= 0.6 is 0 Å². The number of aliphatic hydroxyl groups is 1. The molecule has 0 aliphatic heterocycles. The Bertz CT molecular complexity index is 1190. The van der Waals surface area contributed by atoms with E-state index in [0.29, 0.717) is 34.4 Å². The predicted molar refractivity (Wildman–Crippen MR) is 105 cm³/mol. The minimum absolute atomic E-state index is 0.181. The molecule has 0 amide bonds. The lowest BCUT2D eigenvalue weighted by molar-refractivity contribution is 0.112. The zero-order valence-electron chi connectivity index (χ0n) is 16.7. The van der Waals surface area contributed by atoms with Gasteiger partial charge in [-0.2, -0.15) is 5.10 Å². The Morgan fingerprint density at radius 1 is 1.27 bits per heavy atom. The lowest BCUT2D eigenvalue weighted by Gasteiger charge is -2.18. The second-order valence-corrected chi connectivity index (χ2v) is 7.72. The van der Waals surface area contributed by atoms with Gasteiger partial charge in [-0.25, -0.2) is 4.52 Å². The molecule has 1 N–H and O–H groups in total. The Morgan fingerprint density at radius 2 is 2.10 bits per heavy atom. The van der Waals surface area contributed by atoms with Crippen molar-refractivity contribution < 1.29 is 19.2 Å². The first kappa shape index (κ1) is 19.6. The summed E-state index contributed by atoms with van der Waals surface area (Å²) in [6.07, 6.45) is 3.86. The maximum atomic E-state index is 10.8. The monoisotopic (exact) mass is 408 g/mol. The van der Waals surface area contributed by atoms with E-state index in [2.05, 4.69) is 25.4 Å². The first-order valence-corrected chi connectivity index (χ1v) is 9.25. The van der Waals surface area contributed by atoms with Crippen molar-refractivity contribution >= 4 is 11.8 Å². The molecule has 10 heteroatoms. The van der Waals surface area contributed by atoms with Crippen molar-refractivity contribution in [2.24, 2.45) is 0 Å². The van der Waals surface area contributed by atoms with Gasteiger partial charge in [0.15, 0.2) is 17.7 Å². The molecular formula is C20H20N6O4. The van der Waals surface area contributed by atoms with Gasteiger partial charge >= 0.3 is 0 Å². The van der Waals surface area contributed by atoms with Crippen molar-refractivity contribution in [1.29, 1.82) is 0 Å². The quantitative estimate of drug-likeness (QED) is 0.478. The van der Waals surface area contributed by atoms with Gasteiger partial charge in [-0.15, -0.1) is 10.2 Å². The number of aromatic nitrogens is 6. The fourth-order valence-corrected chi connectivity index (χ4v) is 3.06. The van der Waals surface area contributed by atoms with Gasteiger partial charge < -0.3 is 14.4 Å². The van der Waals surface area contributed by atoms with E-state index in [-0.39, 0.29) is 18.6 Å². The topological polar surface area (TPSA) is 129 Å². The third-order valence-corrected chi connectivity index (χ3v) is 4.46. The lowest BCUT2D eigenvalue weighted by Crippen LogP contribution is -2.13. The second kappa shape index (κ2) is 7.64. The molecule has 0 bridgehead atoms. The molecule has 0 fully saturated rings. The van der Waals surface area contributed by atoms with Gasteiger partial charge in [0.2, 0.25) is 11.7 Å². The Labute approximate surface area is 171 Å². The van der Waals surface area contributed by atoms with E-state index < -0.39 is 0 Å². The molecule has 0 spiro atoms. The van der Waals surface area contributed by atoms with Crippen molar-refractivity contribution in [3.63, 3.8) is 0 Å². The number of ether oxygens (including phenoxy) is 1. The molecular weight excluding hydrogens is 388 g/mol. The zero-order chi connectivity index (χ0) is 21.3. The van der Waals surface area contributed by atoms with Gasteiger partial charge in [-0.05, 0) is 17.5 Å². The fourth-order valence-electron chi connectivity index (χ4n) is 3.06. The summed E-state index contributed by atoms with van der Waals surface area (Å²) in [4.78, 5) is 15.0. The summed E-state index contributed by atoms with van der Waals surface area (Å²) >= 11 is 0. The average molecular weight is 408 g/mol. The Kier molecular flexibility index (Phi) is 5.00. The molecule has 4 aromatic rings. The molecule has 0 aliphatic rings. The first-order valence-electron chi connectivity index (χ1n) is 9.25. The normalized spacial score (nSPS) is 11.7. The maximum absolute atomic E-state index is 10.8. The standard InChI is InChI=1S/C20H20N6O4/c1-20(2,3)17-16-8-22-23-18(15-6-14(10-28)30-25-15)26(16)24-19(17)29-11-13-5-4-12(9-27)7-21-13/h4-9,28H,10-11H2,1-3H3.